The lowest BCUT2D eigenvalue weighted by atomic mass is 9.83. The molecule has 1 aromatic rings. The van der Waals surface area contributed by atoms with E-state index < -0.39 is 0 Å². The highest BCUT2D eigenvalue weighted by Gasteiger charge is 2.31. The number of nitrogens with zero attached hydrogens (tertiary/aromatic N) is 2. The predicted molar refractivity (Wildman–Crippen MR) is 137 cm³/mol. The van der Waals surface area contributed by atoms with E-state index in [0.717, 1.165) is 31.2 Å². The summed E-state index contributed by atoms with van der Waals surface area (Å²) in [5.41, 5.74) is 2.14. The fourth-order valence-corrected chi connectivity index (χ4v) is 3.87. The third-order valence-corrected chi connectivity index (χ3v) is 5.84. The SMILES string of the molecule is CCNC(=NCc1cccc(C(=O)NCCN(C)C)c1)NCC1(CC)CCCC1.I. The summed E-state index contributed by atoms with van der Waals surface area (Å²) in [7, 11) is 3.99. The summed E-state index contributed by atoms with van der Waals surface area (Å²) in [5.74, 6) is 0.821. The van der Waals surface area contributed by atoms with E-state index in [4.69, 9.17) is 4.99 Å². The van der Waals surface area contributed by atoms with Crippen molar-refractivity contribution in [2.45, 2.75) is 52.5 Å². The average Bonchev–Trinajstić information content (AvgIpc) is 3.19. The molecular formula is C23H40IN5O. The van der Waals surface area contributed by atoms with Crippen molar-refractivity contribution in [3.63, 3.8) is 0 Å². The van der Waals surface area contributed by atoms with Gasteiger partial charge in [-0.3, -0.25) is 4.79 Å². The van der Waals surface area contributed by atoms with Crippen LogP contribution in [0.2, 0.25) is 0 Å². The summed E-state index contributed by atoms with van der Waals surface area (Å²) in [5, 5.41) is 9.87. The molecule has 1 aliphatic rings. The first-order chi connectivity index (χ1) is 14.0. The number of carbonyl (C=O) groups is 1. The van der Waals surface area contributed by atoms with Crippen LogP contribution in [0.25, 0.3) is 0 Å². The molecular weight excluding hydrogens is 489 g/mol. The van der Waals surface area contributed by atoms with E-state index in [2.05, 4.69) is 34.7 Å². The van der Waals surface area contributed by atoms with Crippen molar-refractivity contribution in [2.24, 2.45) is 10.4 Å². The number of likely N-dealkylation sites (N-methyl/N-ethyl adjacent to an activating group) is 1. The van der Waals surface area contributed by atoms with Crippen molar-refractivity contribution >= 4 is 35.8 Å². The molecule has 0 aliphatic heterocycles. The van der Waals surface area contributed by atoms with Gasteiger partial charge in [0.15, 0.2) is 5.96 Å². The molecule has 0 saturated heterocycles. The molecule has 1 fully saturated rings. The zero-order valence-corrected chi connectivity index (χ0v) is 21.4. The third kappa shape index (κ3) is 8.79. The predicted octanol–water partition coefficient (Wildman–Crippen LogP) is 3.62. The molecule has 0 radical (unpaired) electrons. The normalized spacial score (nSPS) is 15.6. The molecule has 0 atom stereocenters. The van der Waals surface area contributed by atoms with Crippen LogP contribution in [0.5, 0.6) is 0 Å². The Kier molecular flexibility index (Phi) is 12.3. The Morgan fingerprint density at radius 2 is 1.87 bits per heavy atom. The van der Waals surface area contributed by atoms with E-state index in [1.165, 1.54) is 32.1 Å². The number of rotatable bonds is 10. The zero-order chi connectivity index (χ0) is 21.1. The number of guanidine groups is 1. The van der Waals surface area contributed by atoms with E-state index in [-0.39, 0.29) is 29.9 Å². The number of carbonyl (C=O) groups excluding carboxylic acids is 1. The second-order valence-corrected chi connectivity index (χ2v) is 8.37. The van der Waals surface area contributed by atoms with Crippen LogP contribution in [-0.4, -0.2) is 57.0 Å². The summed E-state index contributed by atoms with van der Waals surface area (Å²) in [4.78, 5) is 19.1. The minimum Gasteiger partial charge on any atom is -0.357 e. The Morgan fingerprint density at radius 3 is 2.50 bits per heavy atom. The number of halogens is 1. The van der Waals surface area contributed by atoms with E-state index in [1.807, 2.05) is 38.4 Å². The van der Waals surface area contributed by atoms with Crippen molar-refractivity contribution in [3.8, 4) is 0 Å². The van der Waals surface area contributed by atoms with Crippen LogP contribution in [0.1, 0.15) is 61.9 Å². The Balaban J connectivity index is 0.00000450. The molecule has 1 aliphatic carbocycles. The van der Waals surface area contributed by atoms with Gasteiger partial charge >= 0.3 is 0 Å². The van der Waals surface area contributed by atoms with Crippen LogP contribution in [0.3, 0.4) is 0 Å². The molecule has 0 bridgehead atoms. The van der Waals surface area contributed by atoms with Gasteiger partial charge in [0, 0.05) is 31.7 Å². The lowest BCUT2D eigenvalue weighted by Gasteiger charge is -2.28. The molecule has 30 heavy (non-hydrogen) atoms. The number of nitrogens with one attached hydrogen (secondary N) is 3. The van der Waals surface area contributed by atoms with Gasteiger partial charge in [0.1, 0.15) is 0 Å². The summed E-state index contributed by atoms with van der Waals surface area (Å²) < 4.78 is 0. The van der Waals surface area contributed by atoms with Gasteiger partial charge in [0.25, 0.3) is 5.91 Å². The number of hydrogen-bond donors (Lipinski definition) is 3. The Bertz CT molecular complexity index is 671. The van der Waals surface area contributed by atoms with Gasteiger partial charge in [-0.2, -0.15) is 0 Å². The molecule has 2 rings (SSSR count). The van der Waals surface area contributed by atoms with Crippen LogP contribution in [-0.2, 0) is 6.54 Å². The van der Waals surface area contributed by atoms with E-state index >= 15 is 0 Å². The van der Waals surface area contributed by atoms with Gasteiger partial charge in [0.2, 0.25) is 0 Å². The van der Waals surface area contributed by atoms with Crippen molar-refractivity contribution in [2.75, 3.05) is 40.3 Å². The maximum atomic E-state index is 12.3. The van der Waals surface area contributed by atoms with Crippen molar-refractivity contribution in [3.05, 3.63) is 35.4 Å². The first kappa shape index (κ1) is 26.7. The molecule has 170 valence electrons. The summed E-state index contributed by atoms with van der Waals surface area (Å²) in [6, 6.07) is 7.74. The highest BCUT2D eigenvalue weighted by molar-refractivity contribution is 14.0. The molecule has 0 aromatic heterocycles. The Hall–Kier alpha value is -1.35. The molecule has 3 N–H and O–H groups in total. The van der Waals surface area contributed by atoms with Gasteiger partial charge in [0.05, 0.1) is 6.54 Å². The summed E-state index contributed by atoms with van der Waals surface area (Å²) in [6.45, 7) is 8.21. The fourth-order valence-electron chi connectivity index (χ4n) is 3.87. The Morgan fingerprint density at radius 1 is 1.13 bits per heavy atom. The average molecular weight is 530 g/mol. The van der Waals surface area contributed by atoms with Crippen LogP contribution >= 0.6 is 24.0 Å². The molecule has 7 heteroatoms. The largest absolute Gasteiger partial charge is 0.357 e. The third-order valence-electron chi connectivity index (χ3n) is 5.84. The first-order valence-corrected chi connectivity index (χ1v) is 11.0. The van der Waals surface area contributed by atoms with Gasteiger partial charge in [-0.25, -0.2) is 4.99 Å². The van der Waals surface area contributed by atoms with E-state index in [9.17, 15) is 4.79 Å². The van der Waals surface area contributed by atoms with Gasteiger partial charge < -0.3 is 20.9 Å². The highest BCUT2D eigenvalue weighted by Crippen LogP contribution is 2.40. The van der Waals surface area contributed by atoms with Crippen LogP contribution in [0, 0.1) is 5.41 Å². The second-order valence-electron chi connectivity index (χ2n) is 8.37. The van der Waals surface area contributed by atoms with E-state index in [0.29, 0.717) is 24.1 Å². The van der Waals surface area contributed by atoms with Gasteiger partial charge in [-0.15, -0.1) is 24.0 Å². The molecule has 1 saturated carbocycles. The van der Waals surface area contributed by atoms with Crippen molar-refractivity contribution in [1.82, 2.24) is 20.9 Å². The minimum absolute atomic E-state index is 0. The summed E-state index contributed by atoms with van der Waals surface area (Å²) in [6.07, 6.45) is 6.51. The van der Waals surface area contributed by atoms with Crippen molar-refractivity contribution < 1.29 is 4.79 Å². The molecule has 1 amide bonds. The van der Waals surface area contributed by atoms with Crippen LogP contribution < -0.4 is 16.0 Å². The first-order valence-electron chi connectivity index (χ1n) is 11.0. The van der Waals surface area contributed by atoms with Crippen molar-refractivity contribution in [1.29, 1.82) is 0 Å². The maximum Gasteiger partial charge on any atom is 0.251 e. The maximum absolute atomic E-state index is 12.3. The number of aliphatic imine (C=N–C) groups is 1. The van der Waals surface area contributed by atoms with Crippen LogP contribution in [0.15, 0.2) is 29.3 Å². The molecule has 0 spiro atoms. The smallest absolute Gasteiger partial charge is 0.251 e. The lowest BCUT2D eigenvalue weighted by Crippen LogP contribution is -2.42. The number of amides is 1. The molecule has 1 aromatic carbocycles. The quantitative estimate of drug-likeness (QED) is 0.246. The monoisotopic (exact) mass is 529 g/mol. The zero-order valence-electron chi connectivity index (χ0n) is 19.1. The number of hydrogen-bond acceptors (Lipinski definition) is 3. The summed E-state index contributed by atoms with van der Waals surface area (Å²) >= 11 is 0. The van der Waals surface area contributed by atoms with E-state index in [1.54, 1.807) is 0 Å². The molecule has 0 heterocycles. The minimum atomic E-state index is -0.0335. The highest BCUT2D eigenvalue weighted by atomic mass is 127. The molecule has 6 nitrogen and oxygen atoms in total. The van der Waals surface area contributed by atoms with Gasteiger partial charge in [-0.05, 0) is 63.4 Å². The standard InChI is InChI=1S/C23H39N5O.HI/c1-5-23(12-7-8-13-23)18-27-22(24-6-2)26-17-19-10-9-11-20(16-19)21(29)25-14-15-28(3)4;/h9-11,16H,5-8,12-15,17-18H2,1-4H3,(H,25,29)(H2,24,26,27);1H. The molecule has 0 unspecified atom stereocenters. The lowest BCUT2D eigenvalue weighted by molar-refractivity contribution is 0.0951. The van der Waals surface area contributed by atoms with Gasteiger partial charge in [-0.1, -0.05) is 31.9 Å². The Labute approximate surface area is 199 Å². The topological polar surface area (TPSA) is 68.8 Å². The fraction of sp³-hybridized carbons (Fsp3) is 0.652. The van der Waals surface area contributed by atoms with Crippen LogP contribution in [0.4, 0.5) is 0 Å². The number of benzene rings is 1. The second kappa shape index (κ2) is 13.9.